The maximum atomic E-state index is 5.80. The van der Waals surface area contributed by atoms with E-state index in [4.69, 9.17) is 10.5 Å². The molecule has 0 bridgehead atoms. The molecule has 0 atom stereocenters. The van der Waals surface area contributed by atoms with E-state index in [1.807, 2.05) is 12.1 Å². The fourth-order valence-electron chi connectivity index (χ4n) is 2.59. The molecule has 0 amide bonds. The molecular formula is C17H20N2O. The van der Waals surface area contributed by atoms with Crippen molar-refractivity contribution in [3.8, 4) is 5.75 Å². The number of anilines is 1. The van der Waals surface area contributed by atoms with E-state index in [-0.39, 0.29) is 0 Å². The van der Waals surface area contributed by atoms with Gasteiger partial charge in [-0.05, 0) is 36.7 Å². The van der Waals surface area contributed by atoms with Gasteiger partial charge in [0, 0.05) is 17.8 Å². The summed E-state index contributed by atoms with van der Waals surface area (Å²) in [4.78, 5) is 2.36. The smallest absolute Gasteiger partial charge is 0.124 e. The Morgan fingerprint density at radius 1 is 1.05 bits per heavy atom. The lowest BCUT2D eigenvalue weighted by atomic mass is 10.1. The second kappa shape index (κ2) is 5.97. The predicted octanol–water partition coefficient (Wildman–Crippen LogP) is 2.59. The molecule has 2 N–H and O–H groups in total. The van der Waals surface area contributed by atoms with E-state index < -0.39 is 0 Å². The van der Waals surface area contributed by atoms with Crippen LogP contribution in [0.1, 0.15) is 11.1 Å². The molecule has 0 fully saturated rings. The Labute approximate surface area is 120 Å². The summed E-state index contributed by atoms with van der Waals surface area (Å²) in [5, 5.41) is 0. The van der Waals surface area contributed by atoms with Gasteiger partial charge >= 0.3 is 0 Å². The molecule has 3 nitrogen and oxygen atoms in total. The normalized spacial score (nSPS) is 14.3. The molecule has 1 aliphatic heterocycles. The number of ether oxygens (including phenoxy) is 1. The first-order valence-electron chi connectivity index (χ1n) is 7.11. The van der Waals surface area contributed by atoms with Gasteiger partial charge in [-0.1, -0.05) is 30.3 Å². The minimum absolute atomic E-state index is 0.699. The molecule has 20 heavy (non-hydrogen) atoms. The highest BCUT2D eigenvalue weighted by Gasteiger charge is 2.14. The van der Waals surface area contributed by atoms with Gasteiger partial charge in [0.05, 0.1) is 6.54 Å². The first kappa shape index (κ1) is 13.0. The predicted molar refractivity (Wildman–Crippen MR) is 82.2 cm³/mol. The van der Waals surface area contributed by atoms with Gasteiger partial charge in [-0.3, -0.25) is 0 Å². The lowest BCUT2D eigenvalue weighted by molar-refractivity contribution is 0.331. The molecule has 3 rings (SSSR count). The lowest BCUT2D eigenvalue weighted by Gasteiger charge is -2.22. The quantitative estimate of drug-likeness (QED) is 0.930. The van der Waals surface area contributed by atoms with Crippen molar-refractivity contribution in [2.75, 3.05) is 24.6 Å². The molecule has 0 radical (unpaired) electrons. The van der Waals surface area contributed by atoms with Gasteiger partial charge < -0.3 is 15.4 Å². The molecule has 0 aromatic heterocycles. The second-order valence-electron chi connectivity index (χ2n) is 5.08. The third-order valence-electron chi connectivity index (χ3n) is 3.69. The number of nitrogens with two attached hydrogens (primary N) is 1. The van der Waals surface area contributed by atoms with Crippen molar-refractivity contribution in [2.45, 2.75) is 13.0 Å². The zero-order valence-electron chi connectivity index (χ0n) is 11.6. The van der Waals surface area contributed by atoms with E-state index in [9.17, 15) is 0 Å². The van der Waals surface area contributed by atoms with Crippen molar-refractivity contribution < 1.29 is 4.74 Å². The van der Waals surface area contributed by atoms with Gasteiger partial charge in [0.25, 0.3) is 0 Å². The number of para-hydroxylation sites is 1. The van der Waals surface area contributed by atoms with Crippen LogP contribution < -0.4 is 15.4 Å². The van der Waals surface area contributed by atoms with Crippen LogP contribution in [0, 0.1) is 0 Å². The topological polar surface area (TPSA) is 38.5 Å². The lowest BCUT2D eigenvalue weighted by Crippen LogP contribution is -2.25. The standard InChI is InChI=1S/C17H20N2O/c18-10-9-14-5-7-16(8-6-14)19-11-12-20-17-4-2-1-3-15(17)13-19/h1-8H,9-13,18H2. The molecule has 2 aromatic carbocycles. The van der Waals surface area contributed by atoms with Gasteiger partial charge in [-0.2, -0.15) is 0 Å². The van der Waals surface area contributed by atoms with E-state index in [1.165, 1.54) is 16.8 Å². The Morgan fingerprint density at radius 2 is 1.85 bits per heavy atom. The van der Waals surface area contributed by atoms with Gasteiger partial charge in [-0.15, -0.1) is 0 Å². The third kappa shape index (κ3) is 2.78. The van der Waals surface area contributed by atoms with Crippen LogP contribution in [-0.2, 0) is 13.0 Å². The van der Waals surface area contributed by atoms with Crippen LogP contribution in [0.4, 0.5) is 5.69 Å². The average Bonchev–Trinajstić information content (AvgIpc) is 2.70. The Balaban J connectivity index is 1.80. The zero-order chi connectivity index (χ0) is 13.8. The summed E-state index contributed by atoms with van der Waals surface area (Å²) < 4.78 is 5.80. The maximum absolute atomic E-state index is 5.80. The Hall–Kier alpha value is -2.00. The minimum atomic E-state index is 0.699. The first-order valence-corrected chi connectivity index (χ1v) is 7.11. The molecular weight excluding hydrogens is 248 g/mol. The highest BCUT2D eigenvalue weighted by atomic mass is 16.5. The van der Waals surface area contributed by atoms with E-state index >= 15 is 0 Å². The summed E-state index contributed by atoms with van der Waals surface area (Å²) in [6.07, 6.45) is 0.937. The van der Waals surface area contributed by atoms with Crippen molar-refractivity contribution >= 4 is 5.69 Å². The molecule has 0 spiro atoms. The van der Waals surface area contributed by atoms with Crippen LogP contribution in [-0.4, -0.2) is 19.7 Å². The Kier molecular flexibility index (Phi) is 3.88. The number of hydrogen-bond acceptors (Lipinski definition) is 3. The van der Waals surface area contributed by atoms with Crippen molar-refractivity contribution in [1.82, 2.24) is 0 Å². The van der Waals surface area contributed by atoms with E-state index in [2.05, 4.69) is 41.3 Å². The SMILES string of the molecule is NCCc1ccc(N2CCOc3ccccc3C2)cc1. The van der Waals surface area contributed by atoms with Crippen molar-refractivity contribution in [1.29, 1.82) is 0 Å². The van der Waals surface area contributed by atoms with E-state index in [1.54, 1.807) is 0 Å². The summed E-state index contributed by atoms with van der Waals surface area (Å²) in [5.41, 5.74) is 9.37. The third-order valence-corrected chi connectivity index (χ3v) is 3.69. The number of rotatable bonds is 3. The van der Waals surface area contributed by atoms with E-state index in [0.717, 1.165) is 31.9 Å². The summed E-state index contributed by atoms with van der Waals surface area (Å²) in [5.74, 6) is 1.01. The average molecular weight is 268 g/mol. The molecule has 0 aliphatic carbocycles. The zero-order valence-corrected chi connectivity index (χ0v) is 11.6. The minimum Gasteiger partial charge on any atom is -0.491 e. The highest BCUT2D eigenvalue weighted by molar-refractivity contribution is 5.50. The molecule has 0 saturated carbocycles. The van der Waals surface area contributed by atoms with Crippen molar-refractivity contribution in [3.63, 3.8) is 0 Å². The molecule has 2 aromatic rings. The highest BCUT2D eigenvalue weighted by Crippen LogP contribution is 2.26. The van der Waals surface area contributed by atoms with Crippen molar-refractivity contribution in [3.05, 3.63) is 59.7 Å². The molecule has 0 unspecified atom stereocenters. The van der Waals surface area contributed by atoms with Crippen LogP contribution in [0.2, 0.25) is 0 Å². The van der Waals surface area contributed by atoms with Crippen LogP contribution >= 0.6 is 0 Å². The molecule has 0 saturated heterocycles. The number of fused-ring (bicyclic) bond motifs is 1. The van der Waals surface area contributed by atoms with Gasteiger partial charge in [0.2, 0.25) is 0 Å². The summed E-state index contributed by atoms with van der Waals surface area (Å²) in [6, 6.07) is 17.0. The fourth-order valence-corrected chi connectivity index (χ4v) is 2.59. The monoisotopic (exact) mass is 268 g/mol. The van der Waals surface area contributed by atoms with Crippen molar-refractivity contribution in [2.24, 2.45) is 5.73 Å². The van der Waals surface area contributed by atoms with Gasteiger partial charge in [-0.25, -0.2) is 0 Å². The van der Waals surface area contributed by atoms with Gasteiger partial charge in [0.15, 0.2) is 0 Å². The summed E-state index contributed by atoms with van der Waals surface area (Å²) in [6.45, 7) is 3.23. The molecule has 3 heteroatoms. The van der Waals surface area contributed by atoms with Crippen LogP contribution in [0.3, 0.4) is 0 Å². The van der Waals surface area contributed by atoms with Gasteiger partial charge in [0.1, 0.15) is 12.4 Å². The Morgan fingerprint density at radius 3 is 2.65 bits per heavy atom. The fraction of sp³-hybridized carbons (Fsp3) is 0.294. The number of nitrogens with zero attached hydrogens (tertiary/aromatic N) is 1. The van der Waals surface area contributed by atoms with Crippen LogP contribution in [0.5, 0.6) is 5.75 Å². The summed E-state index contributed by atoms with van der Waals surface area (Å²) >= 11 is 0. The number of hydrogen-bond donors (Lipinski definition) is 1. The molecule has 1 heterocycles. The second-order valence-corrected chi connectivity index (χ2v) is 5.08. The largest absolute Gasteiger partial charge is 0.491 e. The molecule has 104 valence electrons. The Bertz CT molecular complexity index is 565. The van der Waals surface area contributed by atoms with Crippen LogP contribution in [0.15, 0.2) is 48.5 Å². The van der Waals surface area contributed by atoms with E-state index in [0.29, 0.717) is 6.54 Å². The molecule has 1 aliphatic rings. The number of benzene rings is 2. The summed E-state index contributed by atoms with van der Waals surface area (Å²) in [7, 11) is 0. The first-order chi connectivity index (χ1) is 9.86. The maximum Gasteiger partial charge on any atom is 0.124 e. The van der Waals surface area contributed by atoms with Crippen LogP contribution in [0.25, 0.3) is 0 Å².